The zero-order valence-electron chi connectivity index (χ0n) is 19.3. The first-order chi connectivity index (χ1) is 17.0. The monoisotopic (exact) mass is 512 g/mol. The summed E-state index contributed by atoms with van der Waals surface area (Å²) in [5.74, 6) is -3.40. The molecule has 2 atom stereocenters. The van der Waals surface area contributed by atoms with E-state index in [-0.39, 0.29) is 30.7 Å². The quantitative estimate of drug-likeness (QED) is 0.434. The summed E-state index contributed by atoms with van der Waals surface area (Å²) in [6.45, 7) is 2.86. The SMILES string of the molecule is O=C(O)C(F)(F)F.O=C1CCC(N2Cc3c(C(=O)NCCC4CCCNC4)cccc3C2=O)C(=O)N1. The predicted molar refractivity (Wildman–Crippen MR) is 119 cm³/mol. The third kappa shape index (κ3) is 6.59. The van der Waals surface area contributed by atoms with Crippen LogP contribution in [0.2, 0.25) is 0 Å². The van der Waals surface area contributed by atoms with E-state index >= 15 is 0 Å². The second kappa shape index (κ2) is 11.5. The number of hydrogen-bond donors (Lipinski definition) is 4. The van der Waals surface area contributed by atoms with E-state index in [9.17, 15) is 32.3 Å². The molecule has 2 fully saturated rings. The number of fused-ring (bicyclic) bond motifs is 1. The van der Waals surface area contributed by atoms with Gasteiger partial charge < -0.3 is 20.6 Å². The van der Waals surface area contributed by atoms with E-state index in [2.05, 4.69) is 16.0 Å². The van der Waals surface area contributed by atoms with Gasteiger partial charge in [-0.15, -0.1) is 0 Å². The molecule has 2 saturated heterocycles. The molecule has 3 aliphatic rings. The van der Waals surface area contributed by atoms with Crippen molar-refractivity contribution in [2.75, 3.05) is 19.6 Å². The van der Waals surface area contributed by atoms with Crippen molar-refractivity contribution >= 4 is 29.6 Å². The van der Waals surface area contributed by atoms with Gasteiger partial charge in [-0.1, -0.05) is 6.07 Å². The highest BCUT2D eigenvalue weighted by Crippen LogP contribution is 2.29. The first kappa shape index (κ1) is 27.1. The summed E-state index contributed by atoms with van der Waals surface area (Å²) < 4.78 is 31.7. The largest absolute Gasteiger partial charge is 0.490 e. The molecule has 1 aromatic carbocycles. The normalized spacial score (nSPS) is 21.8. The minimum atomic E-state index is -5.08. The van der Waals surface area contributed by atoms with Crippen molar-refractivity contribution in [3.63, 3.8) is 0 Å². The van der Waals surface area contributed by atoms with Crippen LogP contribution in [-0.2, 0) is 20.9 Å². The van der Waals surface area contributed by atoms with Gasteiger partial charge in [0.2, 0.25) is 11.8 Å². The minimum Gasteiger partial charge on any atom is -0.475 e. The number of aliphatic carboxylic acids is 1. The van der Waals surface area contributed by atoms with Crippen LogP contribution in [0.1, 0.15) is 58.4 Å². The lowest BCUT2D eigenvalue weighted by atomic mass is 9.96. The van der Waals surface area contributed by atoms with E-state index in [0.29, 0.717) is 35.6 Å². The number of nitrogens with one attached hydrogen (secondary N) is 3. The maximum absolute atomic E-state index is 12.8. The lowest BCUT2D eigenvalue weighted by Gasteiger charge is -2.29. The van der Waals surface area contributed by atoms with Gasteiger partial charge >= 0.3 is 12.1 Å². The number of piperidine rings is 2. The summed E-state index contributed by atoms with van der Waals surface area (Å²) >= 11 is 0. The van der Waals surface area contributed by atoms with E-state index in [1.807, 2.05) is 0 Å². The number of amides is 4. The second-order valence-electron chi connectivity index (χ2n) is 8.79. The zero-order valence-corrected chi connectivity index (χ0v) is 19.3. The van der Waals surface area contributed by atoms with Crippen molar-refractivity contribution in [2.45, 2.75) is 50.9 Å². The first-order valence-corrected chi connectivity index (χ1v) is 11.5. The number of imide groups is 1. The molecular weight excluding hydrogens is 485 g/mol. The Kier molecular flexibility index (Phi) is 8.66. The third-order valence-electron chi connectivity index (χ3n) is 6.31. The Hall–Kier alpha value is -3.48. The number of carbonyl (C=O) groups excluding carboxylic acids is 4. The summed E-state index contributed by atoms with van der Waals surface area (Å²) in [6, 6.07) is 4.43. The highest BCUT2D eigenvalue weighted by atomic mass is 19.4. The van der Waals surface area contributed by atoms with Gasteiger partial charge in [0.05, 0.1) is 0 Å². The number of nitrogens with zero attached hydrogens (tertiary/aromatic N) is 1. The van der Waals surface area contributed by atoms with Gasteiger partial charge in [0.15, 0.2) is 0 Å². The van der Waals surface area contributed by atoms with Gasteiger partial charge in [-0.05, 0) is 62.4 Å². The van der Waals surface area contributed by atoms with Crippen LogP contribution in [0.5, 0.6) is 0 Å². The number of carboxylic acids is 1. The number of hydrogen-bond acceptors (Lipinski definition) is 6. The third-order valence-corrected chi connectivity index (χ3v) is 6.31. The van der Waals surface area contributed by atoms with Crippen molar-refractivity contribution in [1.29, 1.82) is 0 Å². The van der Waals surface area contributed by atoms with Gasteiger partial charge in [0, 0.05) is 30.6 Å². The van der Waals surface area contributed by atoms with Crippen LogP contribution >= 0.6 is 0 Å². The first-order valence-electron chi connectivity index (χ1n) is 11.5. The molecule has 13 heteroatoms. The lowest BCUT2D eigenvalue weighted by Crippen LogP contribution is -2.52. The van der Waals surface area contributed by atoms with E-state index in [0.717, 1.165) is 19.5 Å². The molecule has 196 valence electrons. The Morgan fingerprint density at radius 1 is 1.17 bits per heavy atom. The number of alkyl halides is 3. The summed E-state index contributed by atoms with van der Waals surface area (Å²) in [6.07, 6.45) is -1.29. The average Bonchev–Trinajstić information content (AvgIpc) is 3.16. The van der Waals surface area contributed by atoms with Crippen LogP contribution in [0.4, 0.5) is 13.2 Å². The molecule has 0 aliphatic carbocycles. The standard InChI is InChI=1S/C21H26N4O4.C2HF3O2/c26-18-7-6-17(20(28)24-18)25-12-16-14(4-1-5-15(16)21(25)29)19(27)23-10-8-13-3-2-9-22-11-13;3-2(4,5)1(6)7/h1,4-5,13,17,22H,2-3,6-12H2,(H,23,27)(H,24,26,28);(H,6,7). The minimum absolute atomic E-state index is 0.191. The summed E-state index contributed by atoms with van der Waals surface area (Å²) in [7, 11) is 0. The molecule has 0 radical (unpaired) electrons. The molecular formula is C23H27F3N4O6. The Balaban J connectivity index is 0.000000454. The molecule has 0 bridgehead atoms. The molecule has 4 rings (SSSR count). The van der Waals surface area contributed by atoms with E-state index in [4.69, 9.17) is 9.90 Å². The number of benzene rings is 1. The average molecular weight is 512 g/mol. The lowest BCUT2D eigenvalue weighted by molar-refractivity contribution is -0.192. The van der Waals surface area contributed by atoms with Gasteiger partial charge in [-0.3, -0.25) is 24.5 Å². The van der Waals surface area contributed by atoms with E-state index < -0.39 is 24.1 Å². The van der Waals surface area contributed by atoms with Crippen LogP contribution in [0.3, 0.4) is 0 Å². The van der Waals surface area contributed by atoms with Crippen LogP contribution in [0.15, 0.2) is 18.2 Å². The molecule has 36 heavy (non-hydrogen) atoms. The topological polar surface area (TPSA) is 145 Å². The van der Waals surface area contributed by atoms with Crippen LogP contribution in [0, 0.1) is 5.92 Å². The summed E-state index contributed by atoms with van der Waals surface area (Å²) in [5.41, 5.74) is 1.59. The molecule has 3 heterocycles. The molecule has 4 amide bonds. The van der Waals surface area contributed by atoms with Gasteiger partial charge in [0.1, 0.15) is 6.04 Å². The van der Waals surface area contributed by atoms with Crippen LogP contribution in [0.25, 0.3) is 0 Å². The summed E-state index contributed by atoms with van der Waals surface area (Å²) in [5, 5.41) is 15.8. The molecule has 4 N–H and O–H groups in total. The fourth-order valence-corrected chi connectivity index (χ4v) is 4.45. The molecule has 2 unspecified atom stereocenters. The van der Waals surface area contributed by atoms with Crippen molar-refractivity contribution < 1.29 is 42.3 Å². The Morgan fingerprint density at radius 3 is 2.50 bits per heavy atom. The van der Waals surface area contributed by atoms with Crippen LogP contribution in [-0.4, -0.2) is 71.5 Å². The van der Waals surface area contributed by atoms with E-state index in [1.165, 1.54) is 17.7 Å². The molecule has 0 saturated carbocycles. The summed E-state index contributed by atoms with van der Waals surface area (Å²) in [4.78, 5) is 59.6. The zero-order chi connectivity index (χ0) is 26.5. The van der Waals surface area contributed by atoms with Crippen molar-refractivity contribution in [3.05, 3.63) is 34.9 Å². The van der Waals surface area contributed by atoms with Gasteiger partial charge in [-0.25, -0.2) is 4.79 Å². The van der Waals surface area contributed by atoms with Gasteiger partial charge in [-0.2, -0.15) is 13.2 Å². The Morgan fingerprint density at radius 2 is 1.89 bits per heavy atom. The second-order valence-corrected chi connectivity index (χ2v) is 8.79. The molecule has 3 aliphatic heterocycles. The Labute approximate surface area is 204 Å². The molecule has 10 nitrogen and oxygen atoms in total. The highest BCUT2D eigenvalue weighted by molar-refractivity contribution is 6.07. The number of halogens is 3. The molecule has 0 spiro atoms. The van der Waals surface area contributed by atoms with E-state index in [1.54, 1.807) is 18.2 Å². The Bertz CT molecular complexity index is 1040. The van der Waals surface area contributed by atoms with Gasteiger partial charge in [0.25, 0.3) is 11.8 Å². The van der Waals surface area contributed by atoms with Crippen molar-refractivity contribution in [1.82, 2.24) is 20.9 Å². The van der Waals surface area contributed by atoms with Crippen molar-refractivity contribution in [3.8, 4) is 0 Å². The fraction of sp³-hybridized carbons (Fsp3) is 0.522. The number of carbonyl (C=O) groups is 5. The number of rotatable bonds is 5. The molecule has 0 aromatic heterocycles. The number of carboxylic acid groups (broad SMARTS) is 1. The smallest absolute Gasteiger partial charge is 0.475 e. The predicted octanol–water partition coefficient (Wildman–Crippen LogP) is 1.20. The fourth-order valence-electron chi connectivity index (χ4n) is 4.45. The van der Waals surface area contributed by atoms with Crippen LogP contribution < -0.4 is 16.0 Å². The maximum atomic E-state index is 12.8. The maximum Gasteiger partial charge on any atom is 0.490 e. The highest BCUT2D eigenvalue weighted by Gasteiger charge is 2.40. The van der Waals surface area contributed by atoms with Crippen molar-refractivity contribution in [2.24, 2.45) is 5.92 Å². The molecule has 1 aromatic rings.